The van der Waals surface area contributed by atoms with Gasteiger partial charge in [0.15, 0.2) is 0 Å². The normalized spacial score (nSPS) is 11.3. The van der Waals surface area contributed by atoms with Crippen LogP contribution < -0.4 is 0 Å². The average Bonchev–Trinajstić information content (AvgIpc) is 2.71. The molecule has 0 atom stereocenters. The van der Waals surface area contributed by atoms with Crippen molar-refractivity contribution >= 4 is 0 Å². The summed E-state index contributed by atoms with van der Waals surface area (Å²) >= 11 is 0. The van der Waals surface area contributed by atoms with Gasteiger partial charge in [0, 0.05) is 0 Å². The van der Waals surface area contributed by atoms with Gasteiger partial charge in [-0.3, -0.25) is 0 Å². The van der Waals surface area contributed by atoms with E-state index in [1.54, 1.807) is 0 Å². The van der Waals surface area contributed by atoms with Gasteiger partial charge in [-0.2, -0.15) is 0 Å². The van der Waals surface area contributed by atoms with Crippen LogP contribution >= 0.6 is 0 Å². The summed E-state index contributed by atoms with van der Waals surface area (Å²) in [6.45, 7) is 0. The molecule has 3 aromatic carbocycles. The summed E-state index contributed by atoms with van der Waals surface area (Å²) < 4.78 is 0. The molecule has 0 nitrogen and oxygen atoms in total. The van der Waals surface area contributed by atoms with Crippen LogP contribution in [0.2, 0.25) is 0 Å². The van der Waals surface area contributed by atoms with Gasteiger partial charge in [-0.15, -0.1) is 0 Å². The van der Waals surface area contributed by atoms with E-state index in [0.29, 0.717) is 0 Å². The average molecular weight is 228 g/mol. The molecule has 0 aromatic heterocycles. The molecule has 4 rings (SSSR count). The molecule has 84 valence electrons. The SMILES string of the molecule is c1ccc(-c2ccc3c(c2)-c2cccc-3c2)cc1. The van der Waals surface area contributed by atoms with E-state index in [-0.39, 0.29) is 0 Å². The molecule has 18 heavy (non-hydrogen) atoms. The van der Waals surface area contributed by atoms with Crippen molar-refractivity contribution in [2.45, 2.75) is 0 Å². The maximum atomic E-state index is 2.30. The van der Waals surface area contributed by atoms with Gasteiger partial charge in [0.1, 0.15) is 0 Å². The number of rotatable bonds is 1. The third kappa shape index (κ3) is 1.32. The van der Waals surface area contributed by atoms with E-state index < -0.39 is 0 Å². The van der Waals surface area contributed by atoms with E-state index in [0.717, 1.165) is 0 Å². The molecule has 0 heterocycles. The maximum Gasteiger partial charge on any atom is -0.00990 e. The van der Waals surface area contributed by atoms with E-state index in [1.165, 1.54) is 33.4 Å². The van der Waals surface area contributed by atoms with Crippen LogP contribution in [0.5, 0.6) is 0 Å². The Morgan fingerprint density at radius 2 is 1.11 bits per heavy atom. The largest absolute Gasteiger partial charge is 0.0622 e. The zero-order valence-corrected chi connectivity index (χ0v) is 9.93. The molecule has 0 amide bonds. The van der Waals surface area contributed by atoms with Crippen molar-refractivity contribution in [1.82, 2.24) is 0 Å². The topological polar surface area (TPSA) is 0 Å². The fraction of sp³-hybridized carbons (Fsp3) is 0. The van der Waals surface area contributed by atoms with Crippen molar-refractivity contribution in [3.05, 3.63) is 72.8 Å². The number of benzene rings is 3. The molecule has 0 heteroatoms. The van der Waals surface area contributed by atoms with Crippen LogP contribution in [0.4, 0.5) is 0 Å². The number of hydrogen-bond acceptors (Lipinski definition) is 0. The van der Waals surface area contributed by atoms with E-state index in [9.17, 15) is 0 Å². The monoisotopic (exact) mass is 228 g/mol. The summed E-state index contributed by atoms with van der Waals surface area (Å²) in [5.41, 5.74) is 7.95. The molecule has 0 N–H and O–H groups in total. The van der Waals surface area contributed by atoms with Crippen LogP contribution in [0.15, 0.2) is 72.8 Å². The number of hydrogen-bond donors (Lipinski definition) is 0. The Balaban J connectivity index is 1.92. The van der Waals surface area contributed by atoms with Gasteiger partial charge in [0.05, 0.1) is 0 Å². The second kappa shape index (κ2) is 3.58. The summed E-state index contributed by atoms with van der Waals surface area (Å²) in [6, 6.07) is 26.1. The number of fused-ring (bicyclic) bond motifs is 5. The van der Waals surface area contributed by atoms with Crippen molar-refractivity contribution in [3.63, 3.8) is 0 Å². The van der Waals surface area contributed by atoms with Crippen LogP contribution in [-0.2, 0) is 0 Å². The predicted octanol–water partition coefficient (Wildman–Crippen LogP) is 5.00. The first-order chi connectivity index (χ1) is 8.92. The van der Waals surface area contributed by atoms with Crippen molar-refractivity contribution in [1.29, 1.82) is 0 Å². The van der Waals surface area contributed by atoms with Gasteiger partial charge >= 0.3 is 0 Å². The van der Waals surface area contributed by atoms with Gasteiger partial charge < -0.3 is 0 Å². The fourth-order valence-corrected chi connectivity index (χ4v) is 2.70. The minimum Gasteiger partial charge on any atom is -0.0622 e. The highest BCUT2D eigenvalue weighted by atomic mass is 14.2. The lowest BCUT2D eigenvalue weighted by molar-refractivity contribution is 1.62. The van der Waals surface area contributed by atoms with Crippen LogP contribution in [0.1, 0.15) is 0 Å². The van der Waals surface area contributed by atoms with Crippen molar-refractivity contribution < 1.29 is 0 Å². The van der Waals surface area contributed by atoms with Crippen molar-refractivity contribution in [2.75, 3.05) is 0 Å². The Hall–Kier alpha value is -2.34. The molecular formula is C18H12. The molecule has 3 aromatic rings. The minimum absolute atomic E-state index is 1.28. The molecule has 0 unspecified atom stereocenters. The molecule has 1 aliphatic rings. The fourth-order valence-electron chi connectivity index (χ4n) is 2.70. The molecule has 0 saturated heterocycles. The van der Waals surface area contributed by atoms with Gasteiger partial charge in [-0.1, -0.05) is 60.7 Å². The van der Waals surface area contributed by atoms with E-state index in [2.05, 4.69) is 72.8 Å². The van der Waals surface area contributed by atoms with Crippen molar-refractivity contribution in [2.24, 2.45) is 0 Å². The lowest BCUT2D eigenvalue weighted by atomic mass is 9.98. The Morgan fingerprint density at radius 3 is 1.94 bits per heavy atom. The standard InChI is InChI=1S/C18H12/c1-2-5-13(6-3-1)14-9-10-17-15-7-4-8-16(11-15)18(17)12-14/h1-12H. The van der Waals surface area contributed by atoms with E-state index >= 15 is 0 Å². The van der Waals surface area contributed by atoms with E-state index in [1.807, 2.05) is 0 Å². The van der Waals surface area contributed by atoms with Gasteiger partial charge in [-0.05, 0) is 45.5 Å². The highest BCUT2D eigenvalue weighted by Crippen LogP contribution is 2.41. The van der Waals surface area contributed by atoms with Crippen molar-refractivity contribution in [3.8, 4) is 33.4 Å². The zero-order valence-electron chi connectivity index (χ0n) is 9.93. The first-order valence-electron chi connectivity index (χ1n) is 6.22. The molecule has 0 fully saturated rings. The van der Waals surface area contributed by atoms with Gasteiger partial charge in [0.25, 0.3) is 0 Å². The van der Waals surface area contributed by atoms with Gasteiger partial charge in [-0.25, -0.2) is 0 Å². The summed E-state index contributed by atoms with van der Waals surface area (Å²) in [5, 5.41) is 0. The second-order valence-electron chi connectivity index (χ2n) is 4.71. The third-order valence-electron chi connectivity index (χ3n) is 3.61. The van der Waals surface area contributed by atoms with Crippen LogP contribution in [-0.4, -0.2) is 0 Å². The quantitative estimate of drug-likeness (QED) is 0.430. The first kappa shape index (κ1) is 9.67. The highest BCUT2D eigenvalue weighted by Gasteiger charge is 2.15. The zero-order chi connectivity index (χ0) is 11.9. The molecule has 0 radical (unpaired) electrons. The molecule has 0 saturated carbocycles. The smallest absolute Gasteiger partial charge is 0.00990 e. The summed E-state index contributed by atoms with van der Waals surface area (Å²) in [5.74, 6) is 0. The summed E-state index contributed by atoms with van der Waals surface area (Å²) in [7, 11) is 0. The van der Waals surface area contributed by atoms with Crippen LogP contribution in [0.3, 0.4) is 0 Å². The molecule has 0 aliphatic heterocycles. The third-order valence-corrected chi connectivity index (χ3v) is 3.61. The van der Waals surface area contributed by atoms with Crippen LogP contribution in [0.25, 0.3) is 33.4 Å². The minimum atomic E-state index is 1.28. The summed E-state index contributed by atoms with van der Waals surface area (Å²) in [6.07, 6.45) is 0. The Morgan fingerprint density at radius 1 is 0.389 bits per heavy atom. The van der Waals surface area contributed by atoms with E-state index in [4.69, 9.17) is 0 Å². The van der Waals surface area contributed by atoms with Gasteiger partial charge in [0.2, 0.25) is 0 Å². The Kier molecular flexibility index (Phi) is 1.92. The molecule has 2 bridgehead atoms. The predicted molar refractivity (Wildman–Crippen MR) is 76.3 cm³/mol. The lowest BCUT2D eigenvalue weighted by Crippen LogP contribution is -1.80. The maximum absolute atomic E-state index is 2.30. The van der Waals surface area contributed by atoms with Crippen LogP contribution in [0, 0.1) is 0 Å². The first-order valence-corrected chi connectivity index (χ1v) is 6.22. The molecular weight excluding hydrogens is 216 g/mol. The lowest BCUT2D eigenvalue weighted by Gasteiger charge is -2.06. The second-order valence-corrected chi connectivity index (χ2v) is 4.71. The highest BCUT2D eigenvalue weighted by molar-refractivity contribution is 5.93. The molecule has 0 spiro atoms. The molecule has 1 aliphatic carbocycles. The summed E-state index contributed by atoms with van der Waals surface area (Å²) in [4.78, 5) is 0. The Labute approximate surface area is 107 Å². The Bertz CT molecular complexity index is 724.